The van der Waals surface area contributed by atoms with Gasteiger partial charge in [0.2, 0.25) is 0 Å². The van der Waals surface area contributed by atoms with Gasteiger partial charge in [-0.2, -0.15) is 5.26 Å². The molecule has 0 saturated heterocycles. The van der Waals surface area contributed by atoms with Crippen molar-refractivity contribution in [3.8, 4) is 6.07 Å². The molecule has 2 amide bonds. The van der Waals surface area contributed by atoms with Crippen LogP contribution in [0.15, 0.2) is 18.2 Å². The topological polar surface area (TPSA) is 93.4 Å². The fraction of sp³-hybridized carbons (Fsp3) is 0.357. The fourth-order valence-corrected chi connectivity index (χ4v) is 1.71. The van der Waals surface area contributed by atoms with E-state index in [0.717, 1.165) is 18.2 Å². The molecule has 0 aromatic heterocycles. The number of carboxylic acids is 1. The second-order valence-corrected chi connectivity index (χ2v) is 4.63. The van der Waals surface area contributed by atoms with Crippen LogP contribution < -0.4 is 5.32 Å². The van der Waals surface area contributed by atoms with E-state index in [2.05, 4.69) is 5.32 Å². The van der Waals surface area contributed by atoms with E-state index in [1.165, 1.54) is 4.90 Å². The van der Waals surface area contributed by atoms with Crippen LogP contribution in [0.1, 0.15) is 30.6 Å². The number of benzene rings is 1. The third-order valence-corrected chi connectivity index (χ3v) is 2.80. The Morgan fingerprint density at radius 1 is 1.48 bits per heavy atom. The average molecular weight is 293 g/mol. The van der Waals surface area contributed by atoms with E-state index in [1.807, 2.05) is 6.07 Å². The smallest absolute Gasteiger partial charge is 0.335 e. The highest BCUT2D eigenvalue weighted by Gasteiger charge is 2.18. The first-order valence-corrected chi connectivity index (χ1v) is 6.34. The molecule has 6 nitrogen and oxygen atoms in total. The Morgan fingerprint density at radius 2 is 2.14 bits per heavy atom. The Morgan fingerprint density at radius 3 is 2.67 bits per heavy atom. The van der Waals surface area contributed by atoms with Crippen LogP contribution in [-0.4, -0.2) is 34.6 Å². The minimum atomic E-state index is -1.21. The Hall–Kier alpha value is -2.62. The van der Waals surface area contributed by atoms with Crippen LogP contribution in [0.3, 0.4) is 0 Å². The van der Waals surface area contributed by atoms with E-state index in [9.17, 15) is 14.0 Å². The van der Waals surface area contributed by atoms with Crippen molar-refractivity contribution in [2.75, 3.05) is 11.9 Å². The molecular formula is C14H16FN3O3. The number of nitriles is 1. The molecule has 7 heteroatoms. The number of halogens is 1. The number of rotatable bonds is 5. The van der Waals surface area contributed by atoms with Gasteiger partial charge in [0, 0.05) is 12.6 Å². The number of urea groups is 1. The summed E-state index contributed by atoms with van der Waals surface area (Å²) < 4.78 is 13.6. The molecule has 0 aliphatic rings. The van der Waals surface area contributed by atoms with Gasteiger partial charge in [0.1, 0.15) is 5.82 Å². The Balaban J connectivity index is 2.93. The lowest BCUT2D eigenvalue weighted by molar-refractivity contribution is 0.0697. The molecule has 2 N–H and O–H groups in total. The van der Waals surface area contributed by atoms with E-state index in [1.54, 1.807) is 13.8 Å². The number of carboxylic acid groups (broad SMARTS) is 1. The monoisotopic (exact) mass is 293 g/mol. The van der Waals surface area contributed by atoms with Gasteiger partial charge in [-0.15, -0.1) is 0 Å². The molecule has 0 aliphatic carbocycles. The van der Waals surface area contributed by atoms with Crippen LogP contribution in [0.4, 0.5) is 14.9 Å². The summed E-state index contributed by atoms with van der Waals surface area (Å²) in [6.45, 7) is 3.74. The van der Waals surface area contributed by atoms with Gasteiger partial charge < -0.3 is 15.3 Å². The summed E-state index contributed by atoms with van der Waals surface area (Å²) in [6.07, 6.45) is 0.156. The minimum absolute atomic E-state index is 0.125. The van der Waals surface area contributed by atoms with Gasteiger partial charge in [-0.1, -0.05) is 0 Å². The first-order valence-electron chi connectivity index (χ1n) is 6.34. The van der Waals surface area contributed by atoms with E-state index < -0.39 is 17.8 Å². The molecule has 0 aliphatic heterocycles. The summed E-state index contributed by atoms with van der Waals surface area (Å²) in [6, 6.07) is 4.32. The number of carbonyl (C=O) groups is 2. The van der Waals surface area contributed by atoms with Crippen molar-refractivity contribution in [1.82, 2.24) is 4.90 Å². The van der Waals surface area contributed by atoms with Crippen molar-refractivity contribution < 1.29 is 19.1 Å². The molecule has 0 unspecified atom stereocenters. The quantitative estimate of drug-likeness (QED) is 0.872. The average Bonchev–Trinajstić information content (AvgIpc) is 2.41. The molecule has 112 valence electrons. The van der Waals surface area contributed by atoms with Gasteiger partial charge >= 0.3 is 12.0 Å². The highest BCUT2D eigenvalue weighted by atomic mass is 19.1. The minimum Gasteiger partial charge on any atom is -0.478 e. The maximum atomic E-state index is 13.6. The second-order valence-electron chi connectivity index (χ2n) is 4.63. The van der Waals surface area contributed by atoms with E-state index in [-0.39, 0.29) is 30.3 Å². The zero-order valence-corrected chi connectivity index (χ0v) is 11.8. The molecule has 1 rings (SSSR count). The van der Waals surface area contributed by atoms with Crippen molar-refractivity contribution >= 4 is 17.7 Å². The second kappa shape index (κ2) is 7.24. The van der Waals surface area contributed by atoms with Crippen LogP contribution >= 0.6 is 0 Å². The summed E-state index contributed by atoms with van der Waals surface area (Å²) in [5.41, 5.74) is -0.331. The molecule has 0 radical (unpaired) electrons. The number of anilines is 1. The van der Waals surface area contributed by atoms with Crippen molar-refractivity contribution in [1.29, 1.82) is 5.26 Å². The van der Waals surface area contributed by atoms with Crippen LogP contribution in [0.5, 0.6) is 0 Å². The summed E-state index contributed by atoms with van der Waals surface area (Å²) in [4.78, 5) is 24.3. The first-order chi connectivity index (χ1) is 9.86. The van der Waals surface area contributed by atoms with Gasteiger partial charge in [0.25, 0.3) is 0 Å². The van der Waals surface area contributed by atoms with Crippen molar-refractivity contribution in [3.05, 3.63) is 29.6 Å². The number of hydrogen-bond acceptors (Lipinski definition) is 3. The number of nitrogens with one attached hydrogen (secondary N) is 1. The Bertz CT molecular complexity index is 581. The summed E-state index contributed by atoms with van der Waals surface area (Å²) in [5.74, 6) is -1.94. The number of amides is 2. The number of nitrogens with zero attached hydrogens (tertiary/aromatic N) is 2. The largest absolute Gasteiger partial charge is 0.478 e. The van der Waals surface area contributed by atoms with E-state index >= 15 is 0 Å². The van der Waals surface area contributed by atoms with E-state index in [0.29, 0.717) is 0 Å². The third-order valence-electron chi connectivity index (χ3n) is 2.80. The summed E-state index contributed by atoms with van der Waals surface area (Å²) >= 11 is 0. The molecule has 0 fully saturated rings. The normalized spacial score (nSPS) is 10.0. The van der Waals surface area contributed by atoms with Gasteiger partial charge in [-0.05, 0) is 32.0 Å². The Kier molecular flexibility index (Phi) is 5.67. The zero-order valence-electron chi connectivity index (χ0n) is 11.8. The third kappa shape index (κ3) is 4.45. The van der Waals surface area contributed by atoms with Crippen molar-refractivity contribution in [2.24, 2.45) is 0 Å². The zero-order chi connectivity index (χ0) is 16.0. The summed E-state index contributed by atoms with van der Waals surface area (Å²) in [5, 5.41) is 19.8. The molecule has 0 bridgehead atoms. The predicted molar refractivity (Wildman–Crippen MR) is 74.5 cm³/mol. The summed E-state index contributed by atoms with van der Waals surface area (Å²) in [7, 11) is 0. The molecular weight excluding hydrogens is 277 g/mol. The van der Waals surface area contributed by atoms with Crippen molar-refractivity contribution in [3.63, 3.8) is 0 Å². The van der Waals surface area contributed by atoms with E-state index in [4.69, 9.17) is 10.4 Å². The molecule has 0 saturated carbocycles. The molecule has 21 heavy (non-hydrogen) atoms. The number of hydrogen-bond donors (Lipinski definition) is 2. The van der Waals surface area contributed by atoms with Gasteiger partial charge in [-0.25, -0.2) is 14.0 Å². The van der Waals surface area contributed by atoms with Gasteiger partial charge in [0.05, 0.1) is 23.7 Å². The molecule has 1 aromatic rings. The Labute approximate surface area is 121 Å². The molecule has 0 heterocycles. The van der Waals surface area contributed by atoms with Crippen LogP contribution in [0.25, 0.3) is 0 Å². The maximum absolute atomic E-state index is 13.6. The lowest BCUT2D eigenvalue weighted by Crippen LogP contribution is -2.40. The predicted octanol–water partition coefficient (Wildman–Crippen LogP) is 2.68. The molecule has 0 atom stereocenters. The van der Waals surface area contributed by atoms with Crippen LogP contribution in [0, 0.1) is 17.1 Å². The lowest BCUT2D eigenvalue weighted by atomic mass is 10.2. The van der Waals surface area contributed by atoms with Crippen LogP contribution in [-0.2, 0) is 0 Å². The van der Waals surface area contributed by atoms with Gasteiger partial charge in [-0.3, -0.25) is 0 Å². The maximum Gasteiger partial charge on any atom is 0.335 e. The van der Waals surface area contributed by atoms with Crippen LogP contribution in [0.2, 0.25) is 0 Å². The number of aromatic carboxylic acids is 1. The lowest BCUT2D eigenvalue weighted by Gasteiger charge is -2.26. The highest BCUT2D eigenvalue weighted by molar-refractivity contribution is 5.93. The molecule has 0 spiro atoms. The fourth-order valence-electron chi connectivity index (χ4n) is 1.71. The SMILES string of the molecule is CC(C)N(CCC#N)C(=O)Nc1cc(C(=O)O)ccc1F. The van der Waals surface area contributed by atoms with Crippen molar-refractivity contribution in [2.45, 2.75) is 26.3 Å². The first kappa shape index (κ1) is 16.4. The van der Waals surface area contributed by atoms with Gasteiger partial charge in [0.15, 0.2) is 0 Å². The number of carbonyl (C=O) groups excluding carboxylic acids is 1. The highest BCUT2D eigenvalue weighted by Crippen LogP contribution is 2.17. The molecule has 1 aromatic carbocycles. The standard InChI is InChI=1S/C14H16FN3O3/c1-9(2)18(7-3-6-16)14(21)17-12-8-10(13(19)20)4-5-11(12)15/h4-5,8-9H,3,7H2,1-2H3,(H,17,21)(H,19,20).